The summed E-state index contributed by atoms with van der Waals surface area (Å²) < 4.78 is 9.79. The van der Waals surface area contributed by atoms with E-state index in [1.165, 1.54) is 0 Å². The minimum absolute atomic E-state index is 0.153. The van der Waals surface area contributed by atoms with Crippen LogP contribution in [0.2, 0.25) is 0 Å². The summed E-state index contributed by atoms with van der Waals surface area (Å²) in [6.45, 7) is 0. The number of carbonyl (C=O) groups is 1. The van der Waals surface area contributed by atoms with Crippen molar-refractivity contribution < 1.29 is 14.3 Å². The van der Waals surface area contributed by atoms with Crippen molar-refractivity contribution in [2.45, 2.75) is 37.9 Å². The molecule has 1 aliphatic heterocycles. The number of fused-ring (bicyclic) bond motifs is 2. The minimum Gasteiger partial charge on any atom is -0.431 e. The lowest BCUT2D eigenvalue weighted by Crippen LogP contribution is -2.37. The first-order valence-electron chi connectivity index (χ1n) is 3.72. The third-order valence-electron chi connectivity index (χ3n) is 2.10. The van der Waals surface area contributed by atoms with E-state index in [9.17, 15) is 4.79 Å². The first kappa shape index (κ1) is 6.01. The molecule has 2 bridgehead atoms. The highest BCUT2D eigenvalue weighted by Crippen LogP contribution is 2.27. The highest BCUT2D eigenvalue weighted by Gasteiger charge is 2.32. The molecular formula is C7H10O3. The molecule has 56 valence electrons. The van der Waals surface area contributed by atoms with Gasteiger partial charge in [-0.25, -0.2) is 4.79 Å². The summed E-state index contributed by atoms with van der Waals surface area (Å²) in [6, 6.07) is 0. The summed E-state index contributed by atoms with van der Waals surface area (Å²) in [5, 5.41) is 0. The molecule has 10 heavy (non-hydrogen) atoms. The molecule has 0 aromatic heterocycles. The Bertz CT molecular complexity index is 141. The Labute approximate surface area is 59.3 Å². The first-order chi connectivity index (χ1) is 4.84. The smallest absolute Gasteiger partial charge is 0.431 e. The molecule has 1 heterocycles. The van der Waals surface area contributed by atoms with Crippen LogP contribution in [0, 0.1) is 0 Å². The molecule has 0 spiro atoms. The van der Waals surface area contributed by atoms with Crippen LogP contribution in [0.3, 0.4) is 0 Å². The number of hydrogen-bond acceptors (Lipinski definition) is 3. The van der Waals surface area contributed by atoms with Gasteiger partial charge in [0.2, 0.25) is 0 Å². The van der Waals surface area contributed by atoms with Gasteiger partial charge in [0.1, 0.15) is 12.2 Å². The van der Waals surface area contributed by atoms with Crippen LogP contribution >= 0.6 is 0 Å². The maximum atomic E-state index is 10.6. The fourth-order valence-corrected chi connectivity index (χ4v) is 1.62. The van der Waals surface area contributed by atoms with Crippen LogP contribution in [-0.4, -0.2) is 18.4 Å². The molecule has 1 aliphatic carbocycles. The van der Waals surface area contributed by atoms with Gasteiger partial charge in [0.25, 0.3) is 0 Å². The summed E-state index contributed by atoms with van der Waals surface area (Å²) in [4.78, 5) is 10.6. The highest BCUT2D eigenvalue weighted by atomic mass is 16.7. The predicted octanol–water partition coefficient (Wildman–Crippen LogP) is 1.46. The molecule has 2 rings (SSSR count). The van der Waals surface area contributed by atoms with E-state index < -0.39 is 6.16 Å². The Morgan fingerprint density at radius 1 is 1.20 bits per heavy atom. The Morgan fingerprint density at radius 2 is 1.80 bits per heavy atom. The molecule has 0 aromatic rings. The van der Waals surface area contributed by atoms with Gasteiger partial charge in [0.05, 0.1) is 0 Å². The van der Waals surface area contributed by atoms with E-state index in [0.717, 1.165) is 25.7 Å². The Morgan fingerprint density at radius 3 is 2.40 bits per heavy atom. The van der Waals surface area contributed by atoms with E-state index in [1.54, 1.807) is 0 Å². The number of carbonyl (C=O) groups excluding carboxylic acids is 1. The summed E-state index contributed by atoms with van der Waals surface area (Å²) in [6.07, 6.45) is 3.91. The van der Waals surface area contributed by atoms with E-state index >= 15 is 0 Å². The van der Waals surface area contributed by atoms with Crippen molar-refractivity contribution in [3.8, 4) is 0 Å². The van der Waals surface area contributed by atoms with Crippen LogP contribution in [0.4, 0.5) is 4.79 Å². The Balaban J connectivity index is 2.05. The van der Waals surface area contributed by atoms with E-state index in [2.05, 4.69) is 0 Å². The van der Waals surface area contributed by atoms with Crippen LogP contribution in [0.5, 0.6) is 0 Å². The lowest BCUT2D eigenvalue weighted by Gasteiger charge is -2.33. The standard InChI is InChI=1S/C7H10O3/c8-7-9-5-2-1-3-6(4-5)10-7/h5-6H,1-4H2. The maximum Gasteiger partial charge on any atom is 0.508 e. The fourth-order valence-electron chi connectivity index (χ4n) is 1.62. The Kier molecular flexibility index (Phi) is 1.29. The van der Waals surface area contributed by atoms with Gasteiger partial charge >= 0.3 is 6.16 Å². The largest absolute Gasteiger partial charge is 0.508 e. The topological polar surface area (TPSA) is 35.5 Å². The van der Waals surface area contributed by atoms with Crippen LogP contribution < -0.4 is 0 Å². The van der Waals surface area contributed by atoms with Gasteiger partial charge in [-0.2, -0.15) is 0 Å². The third-order valence-corrected chi connectivity index (χ3v) is 2.10. The van der Waals surface area contributed by atoms with Gasteiger partial charge in [-0.3, -0.25) is 0 Å². The summed E-state index contributed by atoms with van der Waals surface area (Å²) in [5.74, 6) is 0. The van der Waals surface area contributed by atoms with Crippen molar-refractivity contribution in [3.63, 3.8) is 0 Å². The van der Waals surface area contributed by atoms with Crippen molar-refractivity contribution in [1.29, 1.82) is 0 Å². The summed E-state index contributed by atoms with van der Waals surface area (Å²) in [7, 11) is 0. The van der Waals surface area contributed by atoms with E-state index in [0.29, 0.717) is 0 Å². The van der Waals surface area contributed by atoms with E-state index in [-0.39, 0.29) is 12.2 Å². The molecule has 0 radical (unpaired) electrons. The molecule has 2 atom stereocenters. The van der Waals surface area contributed by atoms with Gasteiger partial charge in [0.15, 0.2) is 0 Å². The molecule has 0 N–H and O–H groups in total. The SMILES string of the molecule is O=C1OC2CCCC(C2)O1. The normalized spacial score (nSPS) is 38.2. The number of rotatable bonds is 0. The van der Waals surface area contributed by atoms with Crippen molar-refractivity contribution >= 4 is 6.16 Å². The fraction of sp³-hybridized carbons (Fsp3) is 0.857. The molecule has 0 amide bonds. The molecule has 1 saturated heterocycles. The van der Waals surface area contributed by atoms with E-state index in [4.69, 9.17) is 9.47 Å². The molecule has 2 aliphatic rings. The molecule has 3 heteroatoms. The first-order valence-corrected chi connectivity index (χ1v) is 3.72. The molecule has 1 saturated carbocycles. The Hall–Kier alpha value is -0.730. The quantitative estimate of drug-likeness (QED) is 0.480. The number of hydrogen-bond donors (Lipinski definition) is 0. The zero-order valence-electron chi connectivity index (χ0n) is 5.71. The van der Waals surface area contributed by atoms with Crippen molar-refractivity contribution in [1.82, 2.24) is 0 Å². The lowest BCUT2D eigenvalue weighted by molar-refractivity contribution is -0.0812. The van der Waals surface area contributed by atoms with E-state index in [1.807, 2.05) is 0 Å². The van der Waals surface area contributed by atoms with Crippen LogP contribution in [-0.2, 0) is 9.47 Å². The van der Waals surface area contributed by atoms with Crippen molar-refractivity contribution in [2.75, 3.05) is 0 Å². The van der Waals surface area contributed by atoms with Crippen LogP contribution in [0.15, 0.2) is 0 Å². The monoisotopic (exact) mass is 142 g/mol. The second-order valence-electron chi connectivity index (χ2n) is 2.90. The molecule has 3 nitrogen and oxygen atoms in total. The molecule has 2 unspecified atom stereocenters. The van der Waals surface area contributed by atoms with Gasteiger partial charge in [-0.05, 0) is 19.3 Å². The van der Waals surface area contributed by atoms with Crippen LogP contribution in [0.25, 0.3) is 0 Å². The summed E-state index contributed by atoms with van der Waals surface area (Å²) in [5.41, 5.74) is 0. The second-order valence-corrected chi connectivity index (χ2v) is 2.90. The van der Waals surface area contributed by atoms with Gasteiger partial charge in [-0.15, -0.1) is 0 Å². The minimum atomic E-state index is -0.471. The average Bonchev–Trinajstić information content (AvgIpc) is 1.85. The van der Waals surface area contributed by atoms with Crippen molar-refractivity contribution in [2.24, 2.45) is 0 Å². The van der Waals surface area contributed by atoms with Gasteiger partial charge in [-0.1, -0.05) is 0 Å². The third kappa shape index (κ3) is 0.958. The predicted molar refractivity (Wildman–Crippen MR) is 33.6 cm³/mol. The zero-order valence-corrected chi connectivity index (χ0v) is 5.71. The average molecular weight is 142 g/mol. The molecule has 0 aromatic carbocycles. The zero-order chi connectivity index (χ0) is 6.97. The second kappa shape index (κ2) is 2.15. The van der Waals surface area contributed by atoms with Crippen LogP contribution in [0.1, 0.15) is 25.7 Å². The summed E-state index contributed by atoms with van der Waals surface area (Å²) >= 11 is 0. The van der Waals surface area contributed by atoms with Crippen molar-refractivity contribution in [3.05, 3.63) is 0 Å². The maximum absolute atomic E-state index is 10.6. The highest BCUT2D eigenvalue weighted by molar-refractivity contribution is 5.61. The molecule has 2 fully saturated rings. The van der Waals surface area contributed by atoms with Gasteiger partial charge < -0.3 is 9.47 Å². The molecular weight excluding hydrogens is 132 g/mol. The number of ether oxygens (including phenoxy) is 2. The van der Waals surface area contributed by atoms with Gasteiger partial charge in [0, 0.05) is 6.42 Å². The lowest BCUT2D eigenvalue weighted by atomic mass is 9.94.